The van der Waals surface area contributed by atoms with Crippen molar-refractivity contribution >= 4 is 23.0 Å². The van der Waals surface area contributed by atoms with E-state index in [0.29, 0.717) is 5.11 Å². The number of ether oxygens (including phenoxy) is 2. The lowest BCUT2D eigenvalue weighted by Gasteiger charge is -2.38. The van der Waals surface area contributed by atoms with Gasteiger partial charge in [-0.05, 0) is 58.1 Å². The van der Waals surface area contributed by atoms with Crippen molar-refractivity contribution in [2.45, 2.75) is 51.9 Å². The number of hydrogen-bond donors (Lipinski definition) is 2. The van der Waals surface area contributed by atoms with Crippen LogP contribution in [0, 0.1) is 0 Å². The van der Waals surface area contributed by atoms with Crippen molar-refractivity contribution in [3.05, 3.63) is 54.1 Å². The van der Waals surface area contributed by atoms with E-state index in [4.69, 9.17) is 21.7 Å². The smallest absolute Gasteiger partial charge is 0.171 e. The first-order valence-electron chi connectivity index (χ1n) is 8.94. The van der Waals surface area contributed by atoms with Gasteiger partial charge in [0.05, 0.1) is 12.1 Å². The molecular formula is C21H26N2O2S. The maximum Gasteiger partial charge on any atom is 0.171 e. The van der Waals surface area contributed by atoms with Crippen LogP contribution in [-0.4, -0.2) is 16.8 Å². The van der Waals surface area contributed by atoms with Crippen molar-refractivity contribution in [3.8, 4) is 11.5 Å². The molecule has 1 unspecified atom stereocenters. The van der Waals surface area contributed by atoms with Crippen LogP contribution in [0.5, 0.6) is 11.5 Å². The summed E-state index contributed by atoms with van der Waals surface area (Å²) in [6.07, 6.45) is 0.971. The van der Waals surface area contributed by atoms with E-state index in [0.717, 1.165) is 29.2 Å². The van der Waals surface area contributed by atoms with E-state index in [1.54, 1.807) is 0 Å². The first-order chi connectivity index (χ1) is 12.3. The molecule has 0 fully saturated rings. The van der Waals surface area contributed by atoms with Crippen LogP contribution in [0.4, 0.5) is 5.69 Å². The molecule has 0 amide bonds. The van der Waals surface area contributed by atoms with Gasteiger partial charge in [-0.3, -0.25) is 0 Å². The highest BCUT2D eigenvalue weighted by molar-refractivity contribution is 7.80. The molecular weight excluding hydrogens is 344 g/mol. The number of anilines is 1. The summed E-state index contributed by atoms with van der Waals surface area (Å²) in [7, 11) is 0. The number of rotatable bonds is 4. The SMILES string of the molecule is CC(C)Oc1cccc(NC(=S)NC2CC(C)(C)Oc3ccccc32)c1. The minimum absolute atomic E-state index is 0.102. The Morgan fingerprint density at radius 3 is 2.73 bits per heavy atom. The summed E-state index contributed by atoms with van der Waals surface area (Å²) in [6, 6.07) is 16.0. The predicted octanol–water partition coefficient (Wildman–Crippen LogP) is 5.06. The molecule has 0 radical (unpaired) electrons. The van der Waals surface area contributed by atoms with E-state index in [1.807, 2.05) is 56.3 Å². The van der Waals surface area contributed by atoms with Crippen LogP contribution < -0.4 is 20.1 Å². The second-order valence-electron chi connectivity index (χ2n) is 7.45. The molecule has 0 bridgehead atoms. The van der Waals surface area contributed by atoms with Crippen molar-refractivity contribution in [3.63, 3.8) is 0 Å². The Balaban J connectivity index is 1.70. The molecule has 138 valence electrons. The third kappa shape index (κ3) is 4.67. The maximum absolute atomic E-state index is 6.08. The molecule has 2 N–H and O–H groups in total. The second-order valence-corrected chi connectivity index (χ2v) is 7.86. The summed E-state index contributed by atoms with van der Waals surface area (Å²) in [4.78, 5) is 0. The Bertz CT molecular complexity index is 789. The highest BCUT2D eigenvalue weighted by Gasteiger charge is 2.33. The van der Waals surface area contributed by atoms with E-state index < -0.39 is 0 Å². The van der Waals surface area contributed by atoms with Crippen LogP contribution in [-0.2, 0) is 0 Å². The Labute approximate surface area is 160 Å². The fourth-order valence-electron chi connectivity index (χ4n) is 3.18. The normalized spacial score (nSPS) is 17.8. The Kier molecular flexibility index (Phi) is 5.37. The number of benzene rings is 2. The molecule has 0 saturated carbocycles. The van der Waals surface area contributed by atoms with Crippen molar-refractivity contribution in [1.82, 2.24) is 5.32 Å². The van der Waals surface area contributed by atoms with E-state index in [9.17, 15) is 0 Å². The maximum atomic E-state index is 6.08. The van der Waals surface area contributed by atoms with Gasteiger partial charge in [0.2, 0.25) is 0 Å². The third-order valence-electron chi connectivity index (χ3n) is 4.15. The molecule has 1 aliphatic heterocycles. The average molecular weight is 371 g/mol. The van der Waals surface area contributed by atoms with Gasteiger partial charge >= 0.3 is 0 Å². The number of nitrogens with one attached hydrogen (secondary N) is 2. The number of thiocarbonyl (C=S) groups is 1. The fraction of sp³-hybridized carbons (Fsp3) is 0.381. The largest absolute Gasteiger partial charge is 0.491 e. The molecule has 0 spiro atoms. The van der Waals surface area contributed by atoms with Crippen molar-refractivity contribution < 1.29 is 9.47 Å². The lowest BCUT2D eigenvalue weighted by Crippen LogP contribution is -2.42. The van der Waals surface area contributed by atoms with Gasteiger partial charge in [-0.15, -0.1) is 0 Å². The van der Waals surface area contributed by atoms with Gasteiger partial charge < -0.3 is 20.1 Å². The Morgan fingerprint density at radius 2 is 1.96 bits per heavy atom. The van der Waals surface area contributed by atoms with Gasteiger partial charge in [-0.25, -0.2) is 0 Å². The van der Waals surface area contributed by atoms with Crippen LogP contribution >= 0.6 is 12.2 Å². The summed E-state index contributed by atoms with van der Waals surface area (Å²) in [5, 5.41) is 7.29. The molecule has 0 saturated heterocycles. The minimum atomic E-state index is -0.243. The molecule has 2 aromatic carbocycles. The molecule has 0 aliphatic carbocycles. The lowest BCUT2D eigenvalue weighted by atomic mass is 9.90. The summed E-state index contributed by atoms with van der Waals surface area (Å²) in [5.41, 5.74) is 1.79. The second kappa shape index (κ2) is 7.54. The quantitative estimate of drug-likeness (QED) is 0.736. The monoisotopic (exact) mass is 370 g/mol. The molecule has 2 aromatic rings. The number of para-hydroxylation sites is 1. The molecule has 4 nitrogen and oxygen atoms in total. The molecule has 5 heteroatoms. The van der Waals surface area contributed by atoms with Crippen LogP contribution in [0.15, 0.2) is 48.5 Å². The summed E-state index contributed by atoms with van der Waals surface area (Å²) >= 11 is 5.55. The summed E-state index contributed by atoms with van der Waals surface area (Å²) < 4.78 is 11.8. The van der Waals surface area contributed by atoms with Gasteiger partial charge in [-0.2, -0.15) is 0 Å². The van der Waals surface area contributed by atoms with Gasteiger partial charge in [0.1, 0.15) is 17.1 Å². The third-order valence-corrected chi connectivity index (χ3v) is 4.37. The zero-order valence-electron chi connectivity index (χ0n) is 15.7. The van der Waals surface area contributed by atoms with E-state index in [1.165, 1.54) is 0 Å². The summed E-state index contributed by atoms with van der Waals surface area (Å²) in [6.45, 7) is 8.22. The van der Waals surface area contributed by atoms with Gasteiger partial charge in [-0.1, -0.05) is 24.3 Å². The summed E-state index contributed by atoms with van der Waals surface area (Å²) in [5.74, 6) is 1.74. The Morgan fingerprint density at radius 1 is 1.19 bits per heavy atom. The van der Waals surface area contributed by atoms with Crippen molar-refractivity contribution in [2.24, 2.45) is 0 Å². The highest BCUT2D eigenvalue weighted by atomic mass is 32.1. The van der Waals surface area contributed by atoms with Crippen molar-refractivity contribution in [1.29, 1.82) is 0 Å². The van der Waals surface area contributed by atoms with Crippen LogP contribution in [0.25, 0.3) is 0 Å². The van der Waals surface area contributed by atoms with Gasteiger partial charge in [0, 0.05) is 23.7 Å². The zero-order valence-corrected chi connectivity index (χ0v) is 16.5. The first-order valence-corrected chi connectivity index (χ1v) is 9.35. The predicted molar refractivity (Wildman–Crippen MR) is 110 cm³/mol. The standard InChI is InChI=1S/C21H26N2O2S/c1-14(2)24-16-9-7-8-15(12-16)22-20(26)23-18-13-21(3,4)25-19-11-6-5-10-17(18)19/h5-12,14,18H,13H2,1-4H3,(H2,22,23,26). The average Bonchev–Trinajstić information content (AvgIpc) is 2.53. The Hall–Kier alpha value is -2.27. The van der Waals surface area contributed by atoms with Crippen LogP contribution in [0.3, 0.4) is 0 Å². The fourth-order valence-corrected chi connectivity index (χ4v) is 3.44. The zero-order chi connectivity index (χ0) is 18.7. The molecule has 26 heavy (non-hydrogen) atoms. The van der Waals surface area contributed by atoms with Gasteiger partial charge in [0.15, 0.2) is 5.11 Å². The number of hydrogen-bond acceptors (Lipinski definition) is 3. The number of fused-ring (bicyclic) bond motifs is 1. The van der Waals surface area contributed by atoms with Crippen LogP contribution in [0.2, 0.25) is 0 Å². The minimum Gasteiger partial charge on any atom is -0.491 e. The molecule has 1 heterocycles. The van der Waals surface area contributed by atoms with Gasteiger partial charge in [0.25, 0.3) is 0 Å². The van der Waals surface area contributed by atoms with Crippen molar-refractivity contribution in [2.75, 3.05) is 5.32 Å². The molecule has 1 atom stereocenters. The molecule has 0 aromatic heterocycles. The van der Waals surface area contributed by atoms with E-state index in [-0.39, 0.29) is 17.7 Å². The van der Waals surface area contributed by atoms with E-state index >= 15 is 0 Å². The molecule has 1 aliphatic rings. The van der Waals surface area contributed by atoms with Crippen LogP contribution in [0.1, 0.15) is 45.7 Å². The topological polar surface area (TPSA) is 42.5 Å². The molecule has 3 rings (SSSR count). The lowest BCUT2D eigenvalue weighted by molar-refractivity contribution is 0.0697. The van der Waals surface area contributed by atoms with E-state index in [2.05, 4.69) is 30.5 Å². The highest BCUT2D eigenvalue weighted by Crippen LogP contribution is 2.39. The first kappa shape index (κ1) is 18.5.